The van der Waals surface area contributed by atoms with E-state index in [1.165, 1.54) is 25.5 Å². The molecule has 0 amide bonds. The van der Waals surface area contributed by atoms with Crippen LogP contribution in [-0.4, -0.2) is 18.4 Å². The molecule has 0 aliphatic rings. The Morgan fingerprint density at radius 3 is 2.18 bits per heavy atom. The highest BCUT2D eigenvalue weighted by Gasteiger charge is 2.14. The predicted octanol–water partition coefficient (Wildman–Crippen LogP) is 4.62. The number of alkyl halides is 1. The first-order valence-corrected chi connectivity index (χ1v) is 7.68. The predicted molar refractivity (Wildman–Crippen MR) is 76.5 cm³/mol. The van der Waals surface area contributed by atoms with Gasteiger partial charge in [0.1, 0.15) is 0 Å². The second-order valence-electron chi connectivity index (χ2n) is 4.27. The van der Waals surface area contributed by atoms with Crippen molar-refractivity contribution in [3.05, 3.63) is 11.1 Å². The number of hydrogen-bond acceptors (Lipinski definition) is 2. The third-order valence-corrected chi connectivity index (χ3v) is 3.56. The maximum atomic E-state index is 11.8. The van der Waals surface area contributed by atoms with Crippen LogP contribution in [0.4, 0.5) is 0 Å². The third-order valence-electron chi connectivity index (χ3n) is 2.88. The molecule has 0 spiro atoms. The molecule has 0 aliphatic carbocycles. The lowest BCUT2D eigenvalue weighted by molar-refractivity contribution is -0.136. The van der Waals surface area contributed by atoms with E-state index in [1.54, 1.807) is 0 Å². The number of carbonyl (C=O) groups excluding carboxylic acids is 1. The maximum absolute atomic E-state index is 11.8. The Bertz CT molecular complexity index is 247. The highest BCUT2D eigenvalue weighted by Crippen LogP contribution is 2.21. The Hall–Kier alpha value is -0.310. The highest BCUT2D eigenvalue weighted by molar-refractivity contribution is 9.09. The molecule has 2 nitrogen and oxygen atoms in total. The Morgan fingerprint density at radius 1 is 1.06 bits per heavy atom. The van der Waals surface area contributed by atoms with Crippen LogP contribution >= 0.6 is 15.9 Å². The normalized spacial score (nSPS) is 12.2. The quantitative estimate of drug-likeness (QED) is 0.269. The molecule has 3 heteroatoms. The van der Waals surface area contributed by atoms with Gasteiger partial charge in [0.05, 0.1) is 7.11 Å². The van der Waals surface area contributed by atoms with Crippen molar-refractivity contribution in [2.24, 2.45) is 0 Å². The number of carbonyl (C=O) groups is 1. The zero-order valence-corrected chi connectivity index (χ0v) is 12.9. The third kappa shape index (κ3) is 6.87. The van der Waals surface area contributed by atoms with Gasteiger partial charge in [-0.2, -0.15) is 0 Å². The smallest absolute Gasteiger partial charge is 0.333 e. The van der Waals surface area contributed by atoms with Gasteiger partial charge in [0.25, 0.3) is 0 Å². The van der Waals surface area contributed by atoms with Gasteiger partial charge in [-0.05, 0) is 31.3 Å². The molecule has 0 aromatic heterocycles. The van der Waals surface area contributed by atoms with Crippen molar-refractivity contribution >= 4 is 21.9 Å². The average molecular weight is 305 g/mol. The minimum Gasteiger partial charge on any atom is -0.466 e. The van der Waals surface area contributed by atoms with E-state index in [9.17, 15) is 4.79 Å². The van der Waals surface area contributed by atoms with Crippen LogP contribution in [-0.2, 0) is 9.53 Å². The minimum absolute atomic E-state index is 0.147. The number of esters is 1. The molecule has 0 fully saturated rings. The fourth-order valence-electron chi connectivity index (χ4n) is 1.79. The Morgan fingerprint density at radius 2 is 1.71 bits per heavy atom. The monoisotopic (exact) mass is 304 g/mol. The van der Waals surface area contributed by atoms with Crippen LogP contribution in [0.3, 0.4) is 0 Å². The van der Waals surface area contributed by atoms with E-state index in [1.807, 2.05) is 0 Å². The number of allylic oxidation sites excluding steroid dienone is 1. The van der Waals surface area contributed by atoms with E-state index in [4.69, 9.17) is 4.74 Å². The lowest BCUT2D eigenvalue weighted by atomic mass is 9.99. The van der Waals surface area contributed by atoms with Gasteiger partial charge in [0.15, 0.2) is 0 Å². The topological polar surface area (TPSA) is 26.3 Å². The second-order valence-corrected chi connectivity index (χ2v) is 4.83. The van der Waals surface area contributed by atoms with Crippen molar-refractivity contribution in [2.75, 3.05) is 12.4 Å². The van der Waals surface area contributed by atoms with Crippen molar-refractivity contribution < 1.29 is 9.53 Å². The number of halogens is 1. The van der Waals surface area contributed by atoms with Gasteiger partial charge in [-0.15, -0.1) is 0 Å². The summed E-state index contributed by atoms with van der Waals surface area (Å²) < 4.78 is 4.89. The number of rotatable bonds is 9. The summed E-state index contributed by atoms with van der Waals surface area (Å²) in [6.45, 7) is 4.34. The molecule has 0 heterocycles. The summed E-state index contributed by atoms with van der Waals surface area (Å²) in [5.41, 5.74) is 2.11. The van der Waals surface area contributed by atoms with Gasteiger partial charge in [-0.1, -0.05) is 49.0 Å². The van der Waals surface area contributed by atoms with E-state index >= 15 is 0 Å². The summed E-state index contributed by atoms with van der Waals surface area (Å²) in [6.07, 6.45) is 7.55. The first-order valence-electron chi connectivity index (χ1n) is 6.56. The van der Waals surface area contributed by atoms with Crippen molar-refractivity contribution in [3.8, 4) is 0 Å². The van der Waals surface area contributed by atoms with E-state index in [0.29, 0.717) is 0 Å². The molecule has 0 N–H and O–H groups in total. The number of ether oxygens (including phenoxy) is 1. The zero-order valence-electron chi connectivity index (χ0n) is 11.4. The first kappa shape index (κ1) is 16.7. The first-order chi connectivity index (χ1) is 8.21. The molecule has 0 unspecified atom stereocenters. The van der Waals surface area contributed by atoms with Gasteiger partial charge in [-0.3, -0.25) is 0 Å². The molecule has 17 heavy (non-hydrogen) atoms. The lowest BCUT2D eigenvalue weighted by Gasteiger charge is -2.11. The standard InChI is InChI=1S/C14H25BrO2/c1-4-6-8-10-13(14(16)17-3)12(11-15)9-7-5-2/h4-11H2,1-3H3/b13-12-. The van der Waals surface area contributed by atoms with E-state index in [-0.39, 0.29) is 5.97 Å². The number of unbranched alkanes of at least 4 members (excludes halogenated alkanes) is 3. The van der Waals surface area contributed by atoms with Gasteiger partial charge >= 0.3 is 5.97 Å². The molecular formula is C14H25BrO2. The average Bonchev–Trinajstić information content (AvgIpc) is 2.36. The summed E-state index contributed by atoms with van der Waals surface area (Å²) in [6, 6.07) is 0. The lowest BCUT2D eigenvalue weighted by Crippen LogP contribution is -2.09. The molecular weight excluding hydrogens is 280 g/mol. The Labute approximate surface area is 114 Å². The second kappa shape index (κ2) is 10.8. The van der Waals surface area contributed by atoms with Crippen LogP contribution < -0.4 is 0 Å². The van der Waals surface area contributed by atoms with Crippen LogP contribution in [0.1, 0.15) is 58.8 Å². The van der Waals surface area contributed by atoms with Crippen molar-refractivity contribution in [2.45, 2.75) is 58.8 Å². The minimum atomic E-state index is -0.147. The van der Waals surface area contributed by atoms with Crippen LogP contribution in [0, 0.1) is 0 Å². The van der Waals surface area contributed by atoms with Gasteiger partial charge in [-0.25, -0.2) is 4.79 Å². The Kier molecular flexibility index (Phi) is 10.6. The zero-order chi connectivity index (χ0) is 13.1. The van der Waals surface area contributed by atoms with E-state index in [0.717, 1.165) is 43.0 Å². The summed E-state index contributed by atoms with van der Waals surface area (Å²) >= 11 is 3.49. The van der Waals surface area contributed by atoms with Crippen LogP contribution in [0.15, 0.2) is 11.1 Å². The maximum Gasteiger partial charge on any atom is 0.333 e. The molecule has 100 valence electrons. The molecule has 0 aromatic rings. The summed E-state index contributed by atoms with van der Waals surface area (Å²) in [5, 5.41) is 0.781. The molecule has 0 aliphatic heterocycles. The number of methoxy groups -OCH3 is 1. The van der Waals surface area contributed by atoms with Gasteiger partial charge < -0.3 is 4.74 Å². The van der Waals surface area contributed by atoms with E-state index < -0.39 is 0 Å². The number of hydrogen-bond donors (Lipinski definition) is 0. The molecule has 0 rings (SSSR count). The fourth-order valence-corrected chi connectivity index (χ4v) is 2.41. The summed E-state index contributed by atoms with van der Waals surface area (Å²) in [5.74, 6) is -0.147. The molecule has 0 radical (unpaired) electrons. The van der Waals surface area contributed by atoms with Crippen molar-refractivity contribution in [1.29, 1.82) is 0 Å². The fraction of sp³-hybridized carbons (Fsp3) is 0.786. The van der Waals surface area contributed by atoms with Gasteiger partial charge in [0, 0.05) is 10.9 Å². The molecule has 0 atom stereocenters. The van der Waals surface area contributed by atoms with Gasteiger partial charge in [0.2, 0.25) is 0 Å². The van der Waals surface area contributed by atoms with Crippen LogP contribution in [0.5, 0.6) is 0 Å². The molecule has 0 bridgehead atoms. The molecule has 0 aromatic carbocycles. The Balaban J connectivity index is 4.68. The van der Waals surface area contributed by atoms with Crippen molar-refractivity contribution in [1.82, 2.24) is 0 Å². The SMILES string of the molecule is CCCCC/C(C(=O)OC)=C(/CBr)CCCC. The molecule has 0 saturated heterocycles. The van der Waals surface area contributed by atoms with Crippen LogP contribution in [0.25, 0.3) is 0 Å². The largest absolute Gasteiger partial charge is 0.466 e. The summed E-state index contributed by atoms with van der Waals surface area (Å²) in [4.78, 5) is 11.8. The van der Waals surface area contributed by atoms with Crippen LogP contribution in [0.2, 0.25) is 0 Å². The van der Waals surface area contributed by atoms with E-state index in [2.05, 4.69) is 29.8 Å². The molecule has 0 saturated carbocycles. The highest BCUT2D eigenvalue weighted by atomic mass is 79.9. The van der Waals surface area contributed by atoms with Crippen molar-refractivity contribution in [3.63, 3.8) is 0 Å². The summed E-state index contributed by atoms with van der Waals surface area (Å²) in [7, 11) is 1.47.